The molecule has 3 N–H and O–H groups in total. The summed E-state index contributed by atoms with van der Waals surface area (Å²) in [5, 5.41) is 36.8. The van der Waals surface area contributed by atoms with Gasteiger partial charge in [0.2, 0.25) is 0 Å². The van der Waals surface area contributed by atoms with E-state index in [-0.39, 0.29) is 11.8 Å². The maximum absolute atomic E-state index is 11.4. The molecular formula is C23H27NO5. The Labute approximate surface area is 169 Å². The van der Waals surface area contributed by atoms with Crippen molar-refractivity contribution in [2.24, 2.45) is 0 Å². The van der Waals surface area contributed by atoms with E-state index in [2.05, 4.69) is 0 Å². The number of aryl methyl sites for hydroxylation is 1. The average molecular weight is 397 g/mol. The normalized spacial score (nSPS) is 18.4. The number of rotatable bonds is 5. The minimum Gasteiger partial charge on any atom is -0.504 e. The van der Waals surface area contributed by atoms with Crippen LogP contribution < -0.4 is 9.47 Å². The first-order valence-electron chi connectivity index (χ1n) is 9.96. The number of hydrogen-bond acceptors (Lipinski definition) is 6. The van der Waals surface area contributed by atoms with E-state index < -0.39 is 6.10 Å². The first-order chi connectivity index (χ1) is 14.0. The Balaban J connectivity index is 2.10. The highest BCUT2D eigenvalue weighted by Gasteiger charge is 2.33. The number of aromatic hydroxyl groups is 1. The van der Waals surface area contributed by atoms with Crippen molar-refractivity contribution in [3.63, 3.8) is 0 Å². The van der Waals surface area contributed by atoms with Crippen molar-refractivity contribution in [3.8, 4) is 17.2 Å². The second-order valence-electron chi connectivity index (χ2n) is 7.54. The van der Waals surface area contributed by atoms with E-state index in [0.29, 0.717) is 24.5 Å². The summed E-state index contributed by atoms with van der Waals surface area (Å²) in [6.45, 7) is 2.61. The fourth-order valence-electron chi connectivity index (χ4n) is 4.63. The van der Waals surface area contributed by atoms with Gasteiger partial charge < -0.3 is 24.9 Å². The highest BCUT2D eigenvalue weighted by Crippen LogP contribution is 2.44. The lowest BCUT2D eigenvalue weighted by Crippen LogP contribution is -2.32. The number of aliphatic hydroxyl groups excluding tert-OH is 1. The Kier molecular flexibility index (Phi) is 5.25. The maximum atomic E-state index is 11.4. The third kappa shape index (κ3) is 3.17. The van der Waals surface area contributed by atoms with Crippen LogP contribution in [0.4, 0.5) is 0 Å². The maximum Gasteiger partial charge on any atom is 0.161 e. The van der Waals surface area contributed by atoms with E-state index in [9.17, 15) is 15.4 Å². The number of hydrogen-bond donors (Lipinski definition) is 3. The standard InChI is InChI=1S/C23H27NO5/c1-4-14-18-12-21(29-3)20(25)11-17(18)16-10-13(28-2)7-8-15(16)22(14)23(26)19-6-5-9-24(19)27/h7-8,10-12,19,23,25-27H,4-6,9H2,1-3H3/t19-,23+/m0/s1. The molecule has 0 unspecified atom stereocenters. The molecule has 0 aliphatic carbocycles. The van der Waals surface area contributed by atoms with Crippen molar-refractivity contribution < 1.29 is 24.9 Å². The van der Waals surface area contributed by atoms with Crippen LogP contribution in [0.2, 0.25) is 0 Å². The van der Waals surface area contributed by atoms with Gasteiger partial charge in [-0.05, 0) is 76.2 Å². The van der Waals surface area contributed by atoms with Gasteiger partial charge in [-0.15, -0.1) is 0 Å². The van der Waals surface area contributed by atoms with E-state index in [0.717, 1.165) is 45.5 Å². The van der Waals surface area contributed by atoms with Crippen molar-refractivity contribution >= 4 is 21.5 Å². The first kappa shape index (κ1) is 19.8. The number of ether oxygens (including phenoxy) is 2. The lowest BCUT2D eigenvalue weighted by molar-refractivity contribution is -0.132. The second kappa shape index (κ2) is 7.71. The van der Waals surface area contributed by atoms with Crippen LogP contribution in [0.1, 0.15) is 37.0 Å². The van der Waals surface area contributed by atoms with Gasteiger partial charge in [-0.1, -0.05) is 13.0 Å². The van der Waals surface area contributed by atoms with E-state index in [4.69, 9.17) is 9.47 Å². The molecular weight excluding hydrogens is 370 g/mol. The highest BCUT2D eigenvalue weighted by atomic mass is 16.5. The van der Waals surface area contributed by atoms with Gasteiger partial charge in [0.1, 0.15) is 5.75 Å². The molecule has 0 bridgehead atoms. The van der Waals surface area contributed by atoms with Crippen LogP contribution in [0.25, 0.3) is 21.5 Å². The minimum absolute atomic E-state index is 0.0665. The Morgan fingerprint density at radius 3 is 2.45 bits per heavy atom. The fourth-order valence-corrected chi connectivity index (χ4v) is 4.63. The first-order valence-corrected chi connectivity index (χ1v) is 9.96. The van der Waals surface area contributed by atoms with Crippen LogP contribution in [-0.4, -0.2) is 47.3 Å². The van der Waals surface area contributed by atoms with Gasteiger partial charge in [-0.2, -0.15) is 5.06 Å². The lowest BCUT2D eigenvalue weighted by atomic mass is 9.85. The topological polar surface area (TPSA) is 82.4 Å². The Hall–Kier alpha value is -2.54. The summed E-state index contributed by atoms with van der Waals surface area (Å²) in [4.78, 5) is 0. The number of phenols is 1. The van der Waals surface area contributed by atoms with Crippen LogP contribution in [0.3, 0.4) is 0 Å². The molecule has 1 fully saturated rings. The molecule has 0 saturated carbocycles. The zero-order valence-electron chi connectivity index (χ0n) is 17.0. The largest absolute Gasteiger partial charge is 0.504 e. The number of nitrogens with zero attached hydrogens (tertiary/aromatic N) is 1. The number of aliphatic hydroxyl groups is 1. The van der Waals surface area contributed by atoms with Crippen LogP contribution in [0, 0.1) is 0 Å². The van der Waals surface area contributed by atoms with Crippen LogP contribution >= 0.6 is 0 Å². The molecule has 1 aliphatic rings. The molecule has 0 spiro atoms. The van der Waals surface area contributed by atoms with Crippen molar-refractivity contribution in [1.29, 1.82) is 0 Å². The summed E-state index contributed by atoms with van der Waals surface area (Å²) < 4.78 is 10.8. The summed E-state index contributed by atoms with van der Waals surface area (Å²) in [6, 6.07) is 8.93. The van der Waals surface area contributed by atoms with Crippen molar-refractivity contribution in [2.45, 2.75) is 38.3 Å². The predicted molar refractivity (Wildman–Crippen MR) is 112 cm³/mol. The van der Waals surface area contributed by atoms with Gasteiger partial charge in [0.05, 0.1) is 26.4 Å². The number of fused-ring (bicyclic) bond motifs is 3. The monoisotopic (exact) mass is 397 g/mol. The molecule has 29 heavy (non-hydrogen) atoms. The van der Waals surface area contributed by atoms with Crippen molar-refractivity contribution in [3.05, 3.63) is 41.5 Å². The minimum atomic E-state index is -0.836. The van der Waals surface area contributed by atoms with E-state index >= 15 is 0 Å². The van der Waals surface area contributed by atoms with Gasteiger partial charge >= 0.3 is 0 Å². The Morgan fingerprint density at radius 1 is 1.07 bits per heavy atom. The highest BCUT2D eigenvalue weighted by molar-refractivity contribution is 6.12. The zero-order valence-corrected chi connectivity index (χ0v) is 17.0. The zero-order chi connectivity index (χ0) is 20.7. The molecule has 0 radical (unpaired) electrons. The van der Waals surface area contributed by atoms with Gasteiger partial charge in [-0.3, -0.25) is 0 Å². The second-order valence-corrected chi connectivity index (χ2v) is 7.54. The smallest absolute Gasteiger partial charge is 0.161 e. The van der Waals surface area contributed by atoms with E-state index in [1.54, 1.807) is 13.2 Å². The molecule has 6 heteroatoms. The third-order valence-electron chi connectivity index (χ3n) is 6.06. The van der Waals surface area contributed by atoms with E-state index in [1.165, 1.54) is 12.2 Å². The van der Waals surface area contributed by atoms with E-state index in [1.807, 2.05) is 31.2 Å². The summed E-state index contributed by atoms with van der Waals surface area (Å²) >= 11 is 0. The molecule has 1 saturated heterocycles. The summed E-state index contributed by atoms with van der Waals surface area (Å²) in [5.74, 6) is 1.15. The summed E-state index contributed by atoms with van der Waals surface area (Å²) in [7, 11) is 3.14. The van der Waals surface area contributed by atoms with Crippen LogP contribution in [0.15, 0.2) is 30.3 Å². The average Bonchev–Trinajstić information content (AvgIpc) is 3.17. The number of methoxy groups -OCH3 is 2. The SMILES string of the molecule is CCc1c([C@H](O)[C@@H]2CCCN2O)c2ccc(OC)cc2c2cc(O)c(OC)cc12. The quantitative estimate of drug-likeness (QED) is 0.561. The van der Waals surface area contributed by atoms with Crippen LogP contribution in [-0.2, 0) is 6.42 Å². The number of hydroxylamine groups is 2. The predicted octanol–water partition coefficient (Wildman–Crippen LogP) is 4.17. The Bertz CT molecular complexity index is 1060. The Morgan fingerprint density at radius 2 is 1.83 bits per heavy atom. The molecule has 4 rings (SSSR count). The summed E-state index contributed by atoms with van der Waals surface area (Å²) in [5.41, 5.74) is 1.81. The molecule has 0 amide bonds. The fraction of sp³-hybridized carbons (Fsp3) is 0.391. The van der Waals surface area contributed by atoms with Crippen LogP contribution in [0.5, 0.6) is 17.2 Å². The van der Waals surface area contributed by atoms with Crippen molar-refractivity contribution in [2.75, 3.05) is 20.8 Å². The molecule has 1 aliphatic heterocycles. The van der Waals surface area contributed by atoms with Gasteiger partial charge in [-0.25, -0.2) is 0 Å². The molecule has 6 nitrogen and oxygen atoms in total. The lowest BCUT2D eigenvalue weighted by Gasteiger charge is -2.28. The number of benzene rings is 3. The molecule has 1 heterocycles. The van der Waals surface area contributed by atoms with Gasteiger partial charge in [0.25, 0.3) is 0 Å². The molecule has 3 aromatic carbocycles. The van der Waals surface area contributed by atoms with Gasteiger partial charge in [0, 0.05) is 6.54 Å². The molecule has 0 aromatic heterocycles. The molecule has 154 valence electrons. The van der Waals surface area contributed by atoms with Gasteiger partial charge in [0.15, 0.2) is 11.5 Å². The van der Waals surface area contributed by atoms with Crippen molar-refractivity contribution in [1.82, 2.24) is 5.06 Å². The third-order valence-corrected chi connectivity index (χ3v) is 6.06. The summed E-state index contributed by atoms with van der Waals surface area (Å²) in [6.07, 6.45) is 1.44. The number of phenolic OH excluding ortho intramolecular Hbond substituents is 1. The molecule has 2 atom stereocenters. The molecule has 3 aromatic rings.